The SMILES string of the molecule is Cc1ccnc2[nH]ccc12.Sc1ccccc1. The lowest BCUT2D eigenvalue weighted by atomic mass is 10.2. The van der Waals surface area contributed by atoms with E-state index in [1.54, 1.807) is 0 Å². The lowest BCUT2D eigenvalue weighted by Crippen LogP contribution is -1.77. The van der Waals surface area contributed by atoms with E-state index in [0.717, 1.165) is 10.5 Å². The highest BCUT2D eigenvalue weighted by Gasteiger charge is 1.95. The van der Waals surface area contributed by atoms with Crippen LogP contribution in [0.25, 0.3) is 11.0 Å². The summed E-state index contributed by atoms with van der Waals surface area (Å²) in [6.07, 6.45) is 3.72. The minimum atomic E-state index is 0.972. The maximum Gasteiger partial charge on any atom is 0.137 e. The maximum atomic E-state index is 4.15. The van der Waals surface area contributed by atoms with Gasteiger partial charge in [0.1, 0.15) is 5.65 Å². The molecular formula is C14H14N2S. The van der Waals surface area contributed by atoms with Crippen molar-refractivity contribution in [1.82, 2.24) is 9.97 Å². The van der Waals surface area contributed by atoms with Crippen molar-refractivity contribution in [3.63, 3.8) is 0 Å². The molecule has 2 heterocycles. The first-order valence-electron chi connectivity index (χ1n) is 5.40. The topological polar surface area (TPSA) is 28.7 Å². The van der Waals surface area contributed by atoms with Gasteiger partial charge < -0.3 is 4.98 Å². The minimum Gasteiger partial charge on any atom is -0.346 e. The van der Waals surface area contributed by atoms with E-state index in [1.165, 1.54) is 10.9 Å². The molecule has 0 saturated carbocycles. The van der Waals surface area contributed by atoms with E-state index in [9.17, 15) is 0 Å². The predicted molar refractivity (Wildman–Crippen MR) is 74.5 cm³/mol. The van der Waals surface area contributed by atoms with Gasteiger partial charge in [0.25, 0.3) is 0 Å². The lowest BCUT2D eigenvalue weighted by molar-refractivity contribution is 1.31. The Bertz CT molecular complexity index is 587. The molecule has 0 unspecified atom stereocenters. The van der Waals surface area contributed by atoms with Crippen LogP contribution in [0.4, 0.5) is 0 Å². The fourth-order valence-electron chi connectivity index (χ4n) is 1.53. The molecule has 3 heteroatoms. The highest BCUT2D eigenvalue weighted by Crippen LogP contribution is 2.12. The third kappa shape index (κ3) is 3.11. The molecule has 3 rings (SSSR count). The zero-order valence-corrected chi connectivity index (χ0v) is 10.5. The summed E-state index contributed by atoms with van der Waals surface area (Å²) >= 11 is 4.08. The molecule has 0 fully saturated rings. The largest absolute Gasteiger partial charge is 0.346 e. The van der Waals surface area contributed by atoms with Crippen LogP contribution < -0.4 is 0 Å². The van der Waals surface area contributed by atoms with Gasteiger partial charge in [0, 0.05) is 22.7 Å². The first-order chi connectivity index (χ1) is 8.27. The van der Waals surface area contributed by atoms with Gasteiger partial charge in [-0.2, -0.15) is 0 Å². The summed E-state index contributed by atoms with van der Waals surface area (Å²) in [5, 5.41) is 1.21. The Morgan fingerprint density at radius 3 is 2.41 bits per heavy atom. The van der Waals surface area contributed by atoms with Crippen LogP contribution in [0.1, 0.15) is 5.56 Å². The summed E-state index contributed by atoms with van der Waals surface area (Å²) in [5.74, 6) is 0. The highest BCUT2D eigenvalue weighted by atomic mass is 32.1. The summed E-state index contributed by atoms with van der Waals surface area (Å²) in [6.45, 7) is 2.08. The molecule has 0 saturated heterocycles. The predicted octanol–water partition coefficient (Wildman–Crippen LogP) is 3.85. The molecule has 3 aromatic rings. The Balaban J connectivity index is 0.000000136. The Labute approximate surface area is 106 Å². The third-order valence-electron chi connectivity index (χ3n) is 2.43. The van der Waals surface area contributed by atoms with E-state index in [-0.39, 0.29) is 0 Å². The monoisotopic (exact) mass is 242 g/mol. The number of hydrogen-bond acceptors (Lipinski definition) is 2. The minimum absolute atomic E-state index is 0.972. The van der Waals surface area contributed by atoms with Crippen molar-refractivity contribution in [2.24, 2.45) is 0 Å². The van der Waals surface area contributed by atoms with Crippen molar-refractivity contribution < 1.29 is 0 Å². The zero-order valence-electron chi connectivity index (χ0n) is 9.59. The molecule has 1 aromatic carbocycles. The van der Waals surface area contributed by atoms with Gasteiger partial charge in [-0.1, -0.05) is 18.2 Å². The number of aromatic amines is 1. The van der Waals surface area contributed by atoms with Gasteiger partial charge in [0.2, 0.25) is 0 Å². The Morgan fingerprint density at radius 2 is 1.82 bits per heavy atom. The number of benzene rings is 1. The molecule has 0 radical (unpaired) electrons. The maximum absolute atomic E-state index is 4.15. The van der Waals surface area contributed by atoms with Crippen molar-refractivity contribution >= 4 is 23.7 Å². The Morgan fingerprint density at radius 1 is 1.06 bits per heavy atom. The van der Waals surface area contributed by atoms with Gasteiger partial charge in [-0.05, 0) is 36.8 Å². The number of thiol groups is 1. The molecule has 1 N–H and O–H groups in total. The van der Waals surface area contributed by atoms with E-state index in [1.807, 2.05) is 54.9 Å². The fourth-order valence-corrected chi connectivity index (χ4v) is 1.70. The summed E-state index contributed by atoms with van der Waals surface area (Å²) < 4.78 is 0. The molecule has 17 heavy (non-hydrogen) atoms. The van der Waals surface area contributed by atoms with Gasteiger partial charge in [0.15, 0.2) is 0 Å². The molecule has 0 atom stereocenters. The first-order valence-corrected chi connectivity index (χ1v) is 5.85. The summed E-state index contributed by atoms with van der Waals surface area (Å²) in [5.41, 5.74) is 2.24. The van der Waals surface area contributed by atoms with Crippen molar-refractivity contribution in [2.75, 3.05) is 0 Å². The zero-order chi connectivity index (χ0) is 12.1. The summed E-state index contributed by atoms with van der Waals surface area (Å²) in [7, 11) is 0. The summed E-state index contributed by atoms with van der Waals surface area (Å²) in [4.78, 5) is 8.21. The number of pyridine rings is 1. The molecule has 2 aromatic heterocycles. The molecule has 0 bridgehead atoms. The van der Waals surface area contributed by atoms with Crippen LogP contribution in [-0.2, 0) is 0 Å². The van der Waals surface area contributed by atoms with Crippen molar-refractivity contribution in [1.29, 1.82) is 0 Å². The van der Waals surface area contributed by atoms with E-state index in [2.05, 4.69) is 29.5 Å². The second kappa shape index (κ2) is 5.55. The number of H-pyrrole nitrogens is 1. The van der Waals surface area contributed by atoms with Gasteiger partial charge in [0.05, 0.1) is 0 Å². The number of aromatic nitrogens is 2. The Hall–Kier alpha value is -1.74. The van der Waals surface area contributed by atoms with Crippen LogP contribution in [0.3, 0.4) is 0 Å². The van der Waals surface area contributed by atoms with E-state index in [0.29, 0.717) is 0 Å². The van der Waals surface area contributed by atoms with E-state index < -0.39 is 0 Å². The fraction of sp³-hybridized carbons (Fsp3) is 0.0714. The van der Waals surface area contributed by atoms with E-state index >= 15 is 0 Å². The molecule has 0 spiro atoms. The van der Waals surface area contributed by atoms with Crippen molar-refractivity contribution in [3.8, 4) is 0 Å². The van der Waals surface area contributed by atoms with Gasteiger partial charge in [-0.3, -0.25) is 0 Å². The quantitative estimate of drug-likeness (QED) is 0.576. The Kier molecular flexibility index (Phi) is 3.83. The lowest BCUT2D eigenvalue weighted by Gasteiger charge is -1.91. The third-order valence-corrected chi connectivity index (χ3v) is 2.73. The average Bonchev–Trinajstić information content (AvgIpc) is 2.80. The number of rotatable bonds is 0. The molecule has 0 aliphatic carbocycles. The highest BCUT2D eigenvalue weighted by molar-refractivity contribution is 7.80. The first kappa shape index (κ1) is 11.7. The molecule has 0 aliphatic heterocycles. The number of fused-ring (bicyclic) bond motifs is 1. The molecular weight excluding hydrogens is 228 g/mol. The number of nitrogens with one attached hydrogen (secondary N) is 1. The van der Waals surface area contributed by atoms with Gasteiger partial charge in [-0.15, -0.1) is 12.6 Å². The van der Waals surface area contributed by atoms with Crippen LogP contribution >= 0.6 is 12.6 Å². The van der Waals surface area contributed by atoms with Crippen LogP contribution in [0.5, 0.6) is 0 Å². The van der Waals surface area contributed by atoms with Crippen LogP contribution in [0.2, 0.25) is 0 Å². The standard InChI is InChI=1S/C8H8N2.C6H6S/c1-6-2-4-9-8-7(6)3-5-10-8;7-6-4-2-1-3-5-6/h2-5H,1H3,(H,9,10);1-5,7H. The van der Waals surface area contributed by atoms with Crippen LogP contribution in [-0.4, -0.2) is 9.97 Å². The van der Waals surface area contributed by atoms with E-state index in [4.69, 9.17) is 0 Å². The number of aryl methyl sites for hydroxylation is 1. The molecule has 0 amide bonds. The van der Waals surface area contributed by atoms with Crippen molar-refractivity contribution in [2.45, 2.75) is 11.8 Å². The van der Waals surface area contributed by atoms with Gasteiger partial charge in [-0.25, -0.2) is 4.98 Å². The smallest absolute Gasteiger partial charge is 0.137 e. The van der Waals surface area contributed by atoms with Crippen LogP contribution in [0, 0.1) is 6.92 Å². The molecule has 0 aliphatic rings. The normalized spacial score (nSPS) is 9.76. The second-order valence-electron chi connectivity index (χ2n) is 3.70. The molecule has 2 nitrogen and oxygen atoms in total. The summed E-state index contributed by atoms with van der Waals surface area (Å²) in [6, 6.07) is 13.8. The number of hydrogen-bond donors (Lipinski definition) is 2. The van der Waals surface area contributed by atoms with Crippen LogP contribution in [0.15, 0.2) is 59.8 Å². The van der Waals surface area contributed by atoms with Gasteiger partial charge >= 0.3 is 0 Å². The average molecular weight is 242 g/mol. The van der Waals surface area contributed by atoms with Crippen molar-refractivity contribution in [3.05, 3.63) is 60.4 Å². The molecule has 86 valence electrons. The number of nitrogens with zero attached hydrogens (tertiary/aromatic N) is 1. The second-order valence-corrected chi connectivity index (χ2v) is 4.22.